The average Bonchev–Trinajstić information content (AvgIpc) is 3.04. The number of carbonyl (C=O) groups excluding carboxylic acids is 2. The van der Waals surface area contributed by atoms with Crippen molar-refractivity contribution in [2.45, 2.75) is 18.4 Å². The van der Waals surface area contributed by atoms with Gasteiger partial charge in [-0.1, -0.05) is 6.07 Å². The van der Waals surface area contributed by atoms with Crippen molar-refractivity contribution >= 4 is 17.5 Å². The first-order valence-electron chi connectivity index (χ1n) is 9.28. The van der Waals surface area contributed by atoms with Crippen LogP contribution < -0.4 is 15.0 Å². The van der Waals surface area contributed by atoms with Gasteiger partial charge in [0, 0.05) is 24.3 Å². The number of methoxy groups -OCH3 is 1. The second-order valence-electron chi connectivity index (χ2n) is 7.12. The largest absolute Gasteiger partial charge is 0.497 e. The molecule has 2 fully saturated rings. The van der Waals surface area contributed by atoms with Gasteiger partial charge in [0.25, 0.3) is 5.91 Å². The molecule has 146 valence electrons. The molecule has 7 heteroatoms. The first-order valence-corrected chi connectivity index (χ1v) is 9.28. The number of likely N-dealkylation sites (tertiary alicyclic amines) is 1. The van der Waals surface area contributed by atoms with Gasteiger partial charge in [-0.05, 0) is 55.3 Å². The van der Waals surface area contributed by atoms with Crippen LogP contribution in [0, 0.1) is 5.82 Å². The standard InChI is InChI=1S/C21H22FN3O3/c1-28-18-4-2-3-15(13-18)19(26)24-11-9-21(10-12-24)20(27)23-14-25(21)17-7-5-16(22)6-8-17/h2-8,13H,9-12,14H2,1H3,(H,23,27). The van der Waals surface area contributed by atoms with Gasteiger partial charge in [0.15, 0.2) is 0 Å². The van der Waals surface area contributed by atoms with Crippen LogP contribution in [0.5, 0.6) is 5.75 Å². The van der Waals surface area contributed by atoms with E-state index in [1.165, 1.54) is 12.1 Å². The van der Waals surface area contributed by atoms with Gasteiger partial charge in [0.2, 0.25) is 5.91 Å². The number of nitrogens with one attached hydrogen (secondary N) is 1. The molecule has 6 nitrogen and oxygen atoms in total. The van der Waals surface area contributed by atoms with Gasteiger partial charge in [-0.3, -0.25) is 9.59 Å². The summed E-state index contributed by atoms with van der Waals surface area (Å²) in [6.45, 7) is 1.33. The predicted molar refractivity (Wildman–Crippen MR) is 103 cm³/mol. The number of piperidine rings is 1. The van der Waals surface area contributed by atoms with E-state index in [1.54, 1.807) is 48.4 Å². The molecule has 2 aliphatic heterocycles. The van der Waals surface area contributed by atoms with Gasteiger partial charge in [-0.25, -0.2) is 4.39 Å². The fourth-order valence-electron chi connectivity index (χ4n) is 4.06. The van der Waals surface area contributed by atoms with Crippen LogP contribution >= 0.6 is 0 Å². The number of anilines is 1. The second kappa shape index (κ2) is 7.14. The van der Waals surface area contributed by atoms with Crippen LogP contribution in [0.4, 0.5) is 10.1 Å². The highest BCUT2D eigenvalue weighted by atomic mass is 19.1. The molecule has 2 aliphatic rings. The van der Waals surface area contributed by atoms with E-state index < -0.39 is 5.54 Å². The molecule has 4 rings (SSSR count). The van der Waals surface area contributed by atoms with Crippen LogP contribution in [-0.4, -0.2) is 49.1 Å². The van der Waals surface area contributed by atoms with Crippen molar-refractivity contribution < 1.29 is 18.7 Å². The second-order valence-corrected chi connectivity index (χ2v) is 7.12. The molecule has 1 spiro atoms. The highest BCUT2D eigenvalue weighted by Gasteiger charge is 2.50. The lowest BCUT2D eigenvalue weighted by atomic mass is 9.85. The Morgan fingerprint density at radius 3 is 2.54 bits per heavy atom. The summed E-state index contributed by atoms with van der Waals surface area (Å²) in [5.41, 5.74) is 0.664. The molecular formula is C21H22FN3O3. The number of rotatable bonds is 3. The Kier molecular flexibility index (Phi) is 4.66. The number of hydrogen-bond donors (Lipinski definition) is 1. The quantitative estimate of drug-likeness (QED) is 0.884. The van der Waals surface area contributed by atoms with Crippen molar-refractivity contribution in [2.75, 3.05) is 31.8 Å². The van der Waals surface area contributed by atoms with E-state index in [2.05, 4.69) is 5.32 Å². The average molecular weight is 383 g/mol. The molecule has 0 saturated carbocycles. The zero-order valence-corrected chi connectivity index (χ0v) is 15.7. The van der Waals surface area contributed by atoms with Crippen LogP contribution in [0.2, 0.25) is 0 Å². The van der Waals surface area contributed by atoms with E-state index in [0.29, 0.717) is 43.9 Å². The number of benzene rings is 2. The minimum Gasteiger partial charge on any atom is -0.497 e. The minimum absolute atomic E-state index is 0.0368. The van der Waals surface area contributed by atoms with Crippen molar-refractivity contribution in [2.24, 2.45) is 0 Å². The van der Waals surface area contributed by atoms with Gasteiger partial charge in [-0.2, -0.15) is 0 Å². The maximum absolute atomic E-state index is 13.3. The molecule has 0 aliphatic carbocycles. The summed E-state index contributed by atoms with van der Waals surface area (Å²) in [6, 6.07) is 13.2. The van der Waals surface area contributed by atoms with Gasteiger partial charge >= 0.3 is 0 Å². The van der Waals surface area contributed by atoms with E-state index >= 15 is 0 Å². The van der Waals surface area contributed by atoms with Crippen LogP contribution in [0.25, 0.3) is 0 Å². The monoisotopic (exact) mass is 383 g/mol. The molecule has 0 bridgehead atoms. The maximum atomic E-state index is 13.3. The first kappa shape index (κ1) is 18.3. The van der Waals surface area contributed by atoms with Gasteiger partial charge in [-0.15, -0.1) is 0 Å². The molecule has 2 saturated heterocycles. The fraction of sp³-hybridized carbons (Fsp3) is 0.333. The normalized spacial score (nSPS) is 18.3. The number of ether oxygens (including phenoxy) is 1. The third kappa shape index (κ3) is 3.06. The zero-order valence-electron chi connectivity index (χ0n) is 15.7. The van der Waals surface area contributed by atoms with Gasteiger partial charge < -0.3 is 19.9 Å². The lowest BCUT2D eigenvalue weighted by molar-refractivity contribution is -0.124. The Morgan fingerprint density at radius 2 is 1.86 bits per heavy atom. The van der Waals surface area contributed by atoms with E-state index in [9.17, 15) is 14.0 Å². The van der Waals surface area contributed by atoms with Gasteiger partial charge in [0.1, 0.15) is 17.1 Å². The molecule has 0 radical (unpaired) electrons. The molecule has 2 amide bonds. The topological polar surface area (TPSA) is 61.9 Å². The Bertz CT molecular complexity index is 892. The molecule has 0 unspecified atom stereocenters. The van der Waals surface area contributed by atoms with Crippen LogP contribution in [0.1, 0.15) is 23.2 Å². The molecule has 2 aromatic carbocycles. The molecular weight excluding hydrogens is 361 g/mol. The zero-order chi connectivity index (χ0) is 19.7. The molecule has 0 atom stereocenters. The third-order valence-electron chi connectivity index (χ3n) is 5.67. The highest BCUT2D eigenvalue weighted by molar-refractivity contribution is 5.96. The van der Waals surface area contributed by atoms with Crippen molar-refractivity contribution in [1.29, 1.82) is 0 Å². The fourth-order valence-corrected chi connectivity index (χ4v) is 4.06. The summed E-state index contributed by atoms with van der Waals surface area (Å²) in [5, 5.41) is 2.91. The highest BCUT2D eigenvalue weighted by Crippen LogP contribution is 2.36. The lowest BCUT2D eigenvalue weighted by Crippen LogP contribution is -2.57. The summed E-state index contributed by atoms with van der Waals surface area (Å²) >= 11 is 0. The number of amides is 2. The summed E-state index contributed by atoms with van der Waals surface area (Å²) in [7, 11) is 1.57. The minimum atomic E-state index is -0.705. The van der Waals surface area contributed by atoms with Crippen LogP contribution in [0.15, 0.2) is 48.5 Å². The Morgan fingerprint density at radius 1 is 1.14 bits per heavy atom. The summed E-state index contributed by atoms with van der Waals surface area (Å²) in [4.78, 5) is 29.3. The van der Waals surface area contributed by atoms with E-state index in [4.69, 9.17) is 4.74 Å². The smallest absolute Gasteiger partial charge is 0.253 e. The van der Waals surface area contributed by atoms with Crippen molar-refractivity contribution in [3.63, 3.8) is 0 Å². The van der Waals surface area contributed by atoms with Crippen molar-refractivity contribution in [1.82, 2.24) is 10.2 Å². The summed E-state index contributed by atoms with van der Waals surface area (Å²) < 4.78 is 18.5. The van der Waals surface area contributed by atoms with Crippen LogP contribution in [0.3, 0.4) is 0 Å². The number of nitrogens with zero attached hydrogens (tertiary/aromatic N) is 2. The summed E-state index contributed by atoms with van der Waals surface area (Å²) in [6.07, 6.45) is 1.04. The first-order chi connectivity index (χ1) is 13.5. The molecule has 0 aromatic heterocycles. The number of halogens is 1. The predicted octanol–water partition coefficient (Wildman–Crippen LogP) is 2.40. The van der Waals surface area contributed by atoms with Gasteiger partial charge in [0.05, 0.1) is 13.8 Å². The van der Waals surface area contributed by atoms with Crippen molar-refractivity contribution in [3.8, 4) is 5.75 Å². The van der Waals surface area contributed by atoms with E-state index in [-0.39, 0.29) is 17.6 Å². The number of hydrogen-bond acceptors (Lipinski definition) is 4. The van der Waals surface area contributed by atoms with E-state index in [0.717, 1.165) is 5.69 Å². The molecule has 2 aromatic rings. The van der Waals surface area contributed by atoms with Crippen LogP contribution in [-0.2, 0) is 4.79 Å². The molecule has 28 heavy (non-hydrogen) atoms. The van der Waals surface area contributed by atoms with E-state index in [1.807, 2.05) is 4.90 Å². The Labute approximate surface area is 162 Å². The van der Waals surface area contributed by atoms with Crippen molar-refractivity contribution in [3.05, 3.63) is 59.9 Å². The lowest BCUT2D eigenvalue weighted by Gasteiger charge is -2.43. The Balaban J connectivity index is 1.52. The maximum Gasteiger partial charge on any atom is 0.253 e. The Hall–Kier alpha value is -3.09. The molecule has 2 heterocycles. The summed E-state index contributed by atoms with van der Waals surface area (Å²) in [5.74, 6) is 0.220. The SMILES string of the molecule is COc1cccc(C(=O)N2CCC3(CC2)C(=O)NCN3c2ccc(F)cc2)c1. The molecule has 1 N–H and O–H groups in total. The number of carbonyl (C=O) groups is 2. The third-order valence-corrected chi connectivity index (χ3v) is 5.67.